The molecule has 466 valence electrons. The van der Waals surface area contributed by atoms with Gasteiger partial charge in [0.1, 0.15) is 44.0 Å². The fourth-order valence-electron chi connectivity index (χ4n) is 3.76. The smallest absolute Gasteiger partial charge is 1.00 e. The van der Waals surface area contributed by atoms with Crippen molar-refractivity contribution in [1.82, 2.24) is 0 Å². The minimum atomic E-state index is -4.67. The molecular weight excluding hydrogens is 1580 g/mol. The Kier molecular flexibility index (Phi) is 48.3. The third-order valence-corrected chi connectivity index (χ3v) is 14.0. The van der Waals surface area contributed by atoms with E-state index in [1.165, 1.54) is 12.1 Å². The number of halogens is 7. The van der Waals surface area contributed by atoms with Gasteiger partial charge in [-0.2, -0.15) is 38.9 Å². The number of phenolic OH excluding ortho intramolecular Hbond substituents is 2. The van der Waals surface area contributed by atoms with Crippen LogP contribution in [0.2, 0.25) is 25.1 Å². The molecular formula is C41H50Cl6INNa2O23P2S8. The molecule has 0 fully saturated rings. The number of benzene rings is 5. The molecule has 43 heteroatoms. The number of aromatic hydroxyl groups is 2. The van der Waals surface area contributed by atoms with Crippen molar-refractivity contribution in [2.45, 2.75) is 19.6 Å². The molecule has 0 atom stereocenters. The van der Waals surface area contributed by atoms with Crippen molar-refractivity contribution in [3.05, 3.63) is 122 Å². The van der Waals surface area contributed by atoms with Crippen LogP contribution in [-0.2, 0) is 70.0 Å². The molecule has 0 radical (unpaired) electrons. The molecule has 0 amide bonds. The summed E-state index contributed by atoms with van der Waals surface area (Å²) in [5.74, 6) is -0.412. The van der Waals surface area contributed by atoms with Crippen LogP contribution in [0.1, 0.15) is 0 Å². The summed E-state index contributed by atoms with van der Waals surface area (Å²) in [7, 11) is -24.0. The first-order valence-electron chi connectivity index (χ1n) is 20.1. The summed E-state index contributed by atoms with van der Waals surface area (Å²) in [5, 5.41) is 25.9. The topological polar surface area (TPSA) is 418 Å². The average molecular weight is 1630 g/mol. The Labute approximate surface area is 588 Å². The molecule has 84 heavy (non-hydrogen) atoms. The Morgan fingerprint density at radius 3 is 1.06 bits per heavy atom. The van der Waals surface area contributed by atoms with Crippen LogP contribution in [0.25, 0.3) is 0 Å². The van der Waals surface area contributed by atoms with Gasteiger partial charge in [0.2, 0.25) is 0 Å². The Morgan fingerprint density at radius 2 is 0.821 bits per heavy atom. The van der Waals surface area contributed by atoms with E-state index in [9.17, 15) is 59.6 Å². The number of thiol groups is 1. The predicted octanol–water partition coefficient (Wildman–Crippen LogP) is 0.285. The normalized spacial score (nSPS) is 11.0. The van der Waals surface area contributed by atoms with Crippen LogP contribution in [-0.4, -0.2) is 152 Å². The van der Waals surface area contributed by atoms with Crippen molar-refractivity contribution >= 4 is 167 Å². The molecule has 24 nitrogen and oxygen atoms in total. The maximum absolute atomic E-state index is 10.9. The number of phenols is 2. The van der Waals surface area contributed by atoms with Crippen molar-refractivity contribution in [2.24, 2.45) is 0 Å². The molecule has 0 saturated carbocycles. The molecule has 0 aliphatic carbocycles. The van der Waals surface area contributed by atoms with Crippen LogP contribution in [0.4, 0.5) is 0 Å². The number of nitrogens with zero attached hydrogens (tertiary/aromatic N) is 1. The van der Waals surface area contributed by atoms with Crippen molar-refractivity contribution in [3.63, 3.8) is 0 Å². The summed E-state index contributed by atoms with van der Waals surface area (Å²) < 4.78 is 195. The molecule has 0 spiro atoms. The molecule has 0 heterocycles. The molecule has 5 rings (SSSR count). The van der Waals surface area contributed by atoms with Gasteiger partial charge in [-0.15, -0.1) is 20.6 Å². The van der Waals surface area contributed by atoms with Gasteiger partial charge >= 0.3 is 99.9 Å². The van der Waals surface area contributed by atoms with Crippen LogP contribution >= 0.6 is 96.5 Å². The zero-order valence-electron chi connectivity index (χ0n) is 45.3. The van der Waals surface area contributed by atoms with E-state index in [0.717, 1.165) is 79.5 Å². The standard InChI is InChI=1S/C7H6Cl2O5S2.C7H7ClO6S2.C7H7ClO3S2.C6H5ClO4S.C6H5ClO.C5H11NP.C3H9P.HI.2Na.H2O4S/c1-15(10,11)14-7-3-2-5(4-6(7)8)16(9,12)13;1-15(9,10)14-7-3-2-5(4-6(7)8)16(11,12)13;1-13(9,10)11-7-3-2-5(12)4-6(7)8;7-5-3-4(12(9,10)11)1-2-6(5)8;7-5-3-1-2-4-6(5)8;1-7(2,3)5-4-6;1-4(2)3;;;;1-5(2,3)4/h2-4H,1H3;2-4H,1H3,(H,11,12,13);2-4,12H,1H3;1-3,8H,(H,9,10,11);1-4,8H;5H2,1-3H3;1-3H3;1H;;;(H2,1,2,3,4)/q;;;;;+1;;;2*+1;/p-3. The van der Waals surface area contributed by atoms with E-state index in [0.29, 0.717) is 17.8 Å². The number of hydrogen-bond donors (Lipinski definition) is 5. The second kappa shape index (κ2) is 42.7. The van der Waals surface area contributed by atoms with Gasteiger partial charge in [-0.3, -0.25) is 9.11 Å². The zero-order valence-corrected chi connectivity index (χ0v) is 64.4. The summed E-state index contributed by atoms with van der Waals surface area (Å²) in [6.07, 6.45) is 3.36. The average Bonchev–Trinajstić information content (AvgIpc) is 3.23. The fourth-order valence-corrected chi connectivity index (χ4v) is 8.95. The molecule has 0 aliphatic rings. The van der Waals surface area contributed by atoms with Gasteiger partial charge in [0, 0.05) is 42.8 Å². The maximum Gasteiger partial charge on any atom is 1.00 e. The third-order valence-electron chi connectivity index (χ3n) is 6.62. The molecule has 0 aliphatic heterocycles. The molecule has 5 aromatic rings. The maximum atomic E-state index is 10.9. The van der Waals surface area contributed by atoms with E-state index in [1.807, 2.05) is 0 Å². The van der Waals surface area contributed by atoms with Crippen LogP contribution in [0.15, 0.2) is 117 Å². The van der Waals surface area contributed by atoms with Crippen molar-refractivity contribution in [1.29, 1.82) is 5.26 Å². The summed E-state index contributed by atoms with van der Waals surface area (Å²) in [6, 6.07) is 22.3. The van der Waals surface area contributed by atoms with Gasteiger partial charge in [0.05, 0.1) is 58.6 Å². The number of para-hydroxylation sites is 1. The van der Waals surface area contributed by atoms with Gasteiger partial charge in [0.15, 0.2) is 17.2 Å². The molecule has 0 saturated heterocycles. The second-order valence-electron chi connectivity index (χ2n) is 16.0. The van der Waals surface area contributed by atoms with Crippen molar-refractivity contribution in [2.75, 3.05) is 64.9 Å². The van der Waals surface area contributed by atoms with Gasteiger partial charge in [-0.05, 0) is 105 Å². The Bertz CT molecular complexity index is 3620. The summed E-state index contributed by atoms with van der Waals surface area (Å²) in [5.41, 5.74) is 0. The van der Waals surface area contributed by atoms with Gasteiger partial charge < -0.3 is 55.8 Å². The predicted molar refractivity (Wildman–Crippen MR) is 317 cm³/mol. The van der Waals surface area contributed by atoms with E-state index in [4.69, 9.17) is 102 Å². The van der Waals surface area contributed by atoms with Gasteiger partial charge in [0.25, 0.3) is 9.05 Å². The molecule has 0 bridgehead atoms. The Hall–Kier alpha value is -0.240. The summed E-state index contributed by atoms with van der Waals surface area (Å²) >= 11 is 31.7. The van der Waals surface area contributed by atoms with Gasteiger partial charge in [-0.25, -0.2) is 25.3 Å². The SMILES string of the molecule is CP(C)C.CS(=O)(=O)Oc1ccc(S(=O)(=O)Cl)cc1Cl.CS(=O)(=O)Oc1ccc(S(=O)(=O)[O-])cc1Cl.CS(=O)(=O)Oc1ccc(S)cc1Cl.C[P+](C)(C)CC#N.O=S(=O)(O)O.O=S(=O)([O-])c1ccc(O)c(Cl)c1.Oc1ccccc1Cl.[I-].[Na+].[Na+]. The Balaban J connectivity index is -0.000000213. The largest absolute Gasteiger partial charge is 1.00 e. The van der Waals surface area contributed by atoms with Crippen molar-refractivity contribution < 1.29 is 183 Å². The Morgan fingerprint density at radius 1 is 0.536 bits per heavy atom. The van der Waals surface area contributed by atoms with Crippen LogP contribution < -0.4 is 95.6 Å². The number of hydrogen-bond acceptors (Lipinski definition) is 23. The first-order valence-corrected chi connectivity index (χ1v) is 40.4. The fraction of sp³-hybridized carbons (Fsp3) is 0.244. The van der Waals surface area contributed by atoms with Crippen LogP contribution in [0.3, 0.4) is 0 Å². The number of rotatable bonds is 10. The third kappa shape index (κ3) is 53.6. The molecule has 4 N–H and O–H groups in total. The van der Waals surface area contributed by atoms with E-state index in [-0.39, 0.29) is 137 Å². The minimum absolute atomic E-state index is 0. The van der Waals surface area contributed by atoms with E-state index >= 15 is 0 Å². The first kappa shape index (κ1) is 94.9. The van der Waals surface area contributed by atoms with E-state index < -0.39 is 87.1 Å². The number of nitriles is 1. The summed E-state index contributed by atoms with van der Waals surface area (Å²) in [6.45, 7) is 13.2. The van der Waals surface area contributed by atoms with Crippen molar-refractivity contribution in [3.8, 4) is 34.8 Å². The summed E-state index contributed by atoms with van der Waals surface area (Å²) in [4.78, 5) is -0.602. The van der Waals surface area contributed by atoms with Crippen LogP contribution in [0.5, 0.6) is 28.7 Å². The van der Waals surface area contributed by atoms with Gasteiger partial charge in [-0.1, -0.05) is 70.1 Å². The zero-order chi connectivity index (χ0) is 64.5. The molecule has 0 aromatic heterocycles. The quantitative estimate of drug-likeness (QED) is 0.0238. The van der Waals surface area contributed by atoms with E-state index in [1.54, 1.807) is 30.3 Å². The van der Waals surface area contributed by atoms with E-state index in [2.05, 4.69) is 71.2 Å². The first-order chi connectivity index (χ1) is 36.1. The molecule has 5 aromatic carbocycles. The minimum Gasteiger partial charge on any atom is -1.00 e. The monoisotopic (exact) mass is 1620 g/mol. The van der Waals surface area contributed by atoms with Crippen LogP contribution in [0, 0.1) is 11.3 Å². The second-order valence-corrected chi connectivity index (χ2v) is 37.0. The molecule has 0 unspecified atom stereocenters.